The number of carbonyl (C=O) groups excluding carboxylic acids is 3. The van der Waals surface area contributed by atoms with Gasteiger partial charge >= 0.3 is 17.9 Å². The van der Waals surface area contributed by atoms with Crippen molar-refractivity contribution >= 4 is 60.0 Å². The standard InChI is InChI=1S/C16H26N4O9S2/c1-31-3-2-8(14(26)20-10(6-30)16(28)29)18-15(27)9(5-12(23)24)19-13(25)7(17)4-11(21)22/h7-10,30H,2-6,17H2,1H3,(H,18,27)(H,19,25)(H,20,26)(H,21,22)(H,23,24)(H,28,29). The Kier molecular flexibility index (Phi) is 13.3. The molecule has 0 spiro atoms. The largest absolute Gasteiger partial charge is 0.481 e. The lowest BCUT2D eigenvalue weighted by molar-refractivity contribution is -0.143. The summed E-state index contributed by atoms with van der Waals surface area (Å²) < 4.78 is 0. The van der Waals surface area contributed by atoms with Crippen molar-refractivity contribution in [3.63, 3.8) is 0 Å². The molecule has 0 aliphatic carbocycles. The molecule has 3 amide bonds. The molecule has 13 nitrogen and oxygen atoms in total. The topological polar surface area (TPSA) is 225 Å². The molecule has 0 rings (SSSR count). The molecule has 0 heterocycles. The quantitative estimate of drug-likeness (QED) is 0.114. The van der Waals surface area contributed by atoms with E-state index < -0.39 is 72.6 Å². The van der Waals surface area contributed by atoms with Gasteiger partial charge in [0.15, 0.2) is 0 Å². The first-order valence-corrected chi connectivity index (χ1v) is 10.9. The van der Waals surface area contributed by atoms with Crippen LogP contribution in [0.25, 0.3) is 0 Å². The second-order valence-corrected chi connectivity index (χ2v) is 7.64. The summed E-state index contributed by atoms with van der Waals surface area (Å²) >= 11 is 5.18. The van der Waals surface area contributed by atoms with E-state index in [1.807, 2.05) is 0 Å². The summed E-state index contributed by atoms with van der Waals surface area (Å²) in [6, 6.07) is -5.70. The Hall–Kier alpha value is -2.52. The van der Waals surface area contributed by atoms with E-state index >= 15 is 0 Å². The zero-order chi connectivity index (χ0) is 24.1. The summed E-state index contributed by atoms with van der Waals surface area (Å²) in [4.78, 5) is 69.8. The monoisotopic (exact) mass is 482 g/mol. The minimum Gasteiger partial charge on any atom is -0.481 e. The van der Waals surface area contributed by atoms with E-state index in [1.165, 1.54) is 11.8 Å². The predicted octanol–water partition coefficient (Wildman–Crippen LogP) is -2.51. The van der Waals surface area contributed by atoms with Crippen LogP contribution in [0.3, 0.4) is 0 Å². The average molecular weight is 483 g/mol. The average Bonchev–Trinajstić information content (AvgIpc) is 2.66. The molecule has 0 aliphatic heterocycles. The van der Waals surface area contributed by atoms with Crippen molar-refractivity contribution in [2.45, 2.75) is 43.4 Å². The van der Waals surface area contributed by atoms with Crippen molar-refractivity contribution < 1.29 is 44.1 Å². The predicted molar refractivity (Wildman–Crippen MR) is 113 cm³/mol. The zero-order valence-electron chi connectivity index (χ0n) is 16.6. The second kappa shape index (κ2) is 14.5. The van der Waals surface area contributed by atoms with Crippen LogP contribution in [-0.4, -0.2) is 92.9 Å². The Morgan fingerprint density at radius 2 is 1.32 bits per heavy atom. The first-order valence-electron chi connectivity index (χ1n) is 8.85. The Morgan fingerprint density at radius 3 is 1.77 bits per heavy atom. The molecule has 0 bridgehead atoms. The van der Waals surface area contributed by atoms with E-state index in [1.54, 1.807) is 6.26 Å². The van der Waals surface area contributed by atoms with Crippen LogP contribution in [0.15, 0.2) is 0 Å². The molecule has 0 aliphatic rings. The van der Waals surface area contributed by atoms with Gasteiger partial charge in [0, 0.05) is 5.75 Å². The summed E-state index contributed by atoms with van der Waals surface area (Å²) in [7, 11) is 0. The van der Waals surface area contributed by atoms with Crippen LogP contribution < -0.4 is 21.7 Å². The highest BCUT2D eigenvalue weighted by atomic mass is 32.2. The Labute approximate surface area is 187 Å². The van der Waals surface area contributed by atoms with Crippen molar-refractivity contribution in [3.05, 3.63) is 0 Å². The third-order valence-electron chi connectivity index (χ3n) is 3.78. The smallest absolute Gasteiger partial charge is 0.327 e. The first-order chi connectivity index (χ1) is 14.4. The van der Waals surface area contributed by atoms with Gasteiger partial charge in [-0.15, -0.1) is 0 Å². The highest BCUT2D eigenvalue weighted by molar-refractivity contribution is 7.98. The molecule has 176 valence electrons. The Balaban J connectivity index is 5.40. The number of carbonyl (C=O) groups is 6. The van der Waals surface area contributed by atoms with Gasteiger partial charge in [-0.1, -0.05) is 0 Å². The van der Waals surface area contributed by atoms with Gasteiger partial charge < -0.3 is 37.0 Å². The van der Waals surface area contributed by atoms with Crippen molar-refractivity contribution in [2.24, 2.45) is 5.73 Å². The number of nitrogens with two attached hydrogens (primary N) is 1. The van der Waals surface area contributed by atoms with Crippen molar-refractivity contribution in [2.75, 3.05) is 17.8 Å². The number of carboxylic acids is 3. The van der Waals surface area contributed by atoms with Crippen LogP contribution >= 0.6 is 24.4 Å². The maximum atomic E-state index is 12.6. The maximum absolute atomic E-state index is 12.6. The minimum absolute atomic E-state index is 0.0872. The van der Waals surface area contributed by atoms with Crippen LogP contribution in [0.5, 0.6) is 0 Å². The lowest BCUT2D eigenvalue weighted by atomic mass is 10.1. The number of carboxylic acid groups (broad SMARTS) is 3. The molecule has 0 radical (unpaired) electrons. The molecule has 8 N–H and O–H groups in total. The van der Waals surface area contributed by atoms with Gasteiger partial charge in [-0.05, 0) is 18.4 Å². The molecule has 0 saturated heterocycles. The lowest BCUT2D eigenvalue weighted by Crippen LogP contribution is -2.57. The minimum atomic E-state index is -1.64. The lowest BCUT2D eigenvalue weighted by Gasteiger charge is -2.24. The summed E-state index contributed by atoms with van der Waals surface area (Å²) in [5.74, 6) is -6.87. The fourth-order valence-electron chi connectivity index (χ4n) is 2.18. The summed E-state index contributed by atoms with van der Waals surface area (Å²) in [6.07, 6.45) is 0.223. The maximum Gasteiger partial charge on any atom is 0.327 e. The summed E-state index contributed by atoms with van der Waals surface area (Å²) in [5.41, 5.74) is 5.41. The molecule has 4 atom stereocenters. The molecule has 0 fully saturated rings. The SMILES string of the molecule is CSCCC(NC(=O)C(CC(=O)O)NC(=O)C(N)CC(=O)O)C(=O)NC(CS)C(=O)O. The van der Waals surface area contributed by atoms with E-state index in [2.05, 4.69) is 28.6 Å². The van der Waals surface area contributed by atoms with Gasteiger partial charge in [-0.3, -0.25) is 24.0 Å². The fourth-order valence-corrected chi connectivity index (χ4v) is 2.90. The second-order valence-electron chi connectivity index (χ2n) is 6.29. The number of rotatable bonds is 15. The molecule has 0 aromatic rings. The normalized spacial score (nSPS) is 14.4. The van der Waals surface area contributed by atoms with Crippen molar-refractivity contribution in [3.8, 4) is 0 Å². The van der Waals surface area contributed by atoms with Gasteiger partial charge in [0.2, 0.25) is 17.7 Å². The summed E-state index contributed by atoms with van der Waals surface area (Å²) in [6.45, 7) is 0. The van der Waals surface area contributed by atoms with Crippen LogP contribution in [0, 0.1) is 0 Å². The Morgan fingerprint density at radius 1 is 0.839 bits per heavy atom. The number of hydrogen-bond donors (Lipinski definition) is 8. The highest BCUT2D eigenvalue weighted by Crippen LogP contribution is 2.04. The number of amides is 3. The third kappa shape index (κ3) is 11.4. The van der Waals surface area contributed by atoms with Gasteiger partial charge in [0.25, 0.3) is 0 Å². The van der Waals surface area contributed by atoms with Crippen LogP contribution in [0.1, 0.15) is 19.3 Å². The highest BCUT2D eigenvalue weighted by Gasteiger charge is 2.31. The van der Waals surface area contributed by atoms with E-state index in [-0.39, 0.29) is 12.2 Å². The molecular formula is C16H26N4O9S2. The number of aliphatic carboxylic acids is 3. The number of thioether (sulfide) groups is 1. The van der Waals surface area contributed by atoms with Gasteiger partial charge in [0.05, 0.1) is 18.9 Å². The molecule has 4 unspecified atom stereocenters. The Bertz CT molecular complexity index is 692. The molecular weight excluding hydrogens is 456 g/mol. The zero-order valence-corrected chi connectivity index (χ0v) is 18.3. The van der Waals surface area contributed by atoms with Gasteiger partial charge in [0.1, 0.15) is 18.1 Å². The van der Waals surface area contributed by atoms with Gasteiger partial charge in [-0.25, -0.2) is 4.79 Å². The van der Waals surface area contributed by atoms with Crippen LogP contribution in [0.4, 0.5) is 0 Å². The van der Waals surface area contributed by atoms with Crippen molar-refractivity contribution in [1.82, 2.24) is 16.0 Å². The molecule has 31 heavy (non-hydrogen) atoms. The number of thiol groups is 1. The molecule has 0 aromatic heterocycles. The molecule has 15 heteroatoms. The summed E-state index contributed by atoms with van der Waals surface area (Å²) in [5, 5.41) is 33.3. The van der Waals surface area contributed by atoms with Gasteiger partial charge in [-0.2, -0.15) is 24.4 Å². The third-order valence-corrected chi connectivity index (χ3v) is 4.79. The van der Waals surface area contributed by atoms with E-state index in [4.69, 9.17) is 21.1 Å². The van der Waals surface area contributed by atoms with E-state index in [0.717, 1.165) is 0 Å². The molecule has 0 saturated carbocycles. The fraction of sp³-hybridized carbons (Fsp3) is 0.625. The van der Waals surface area contributed by atoms with E-state index in [0.29, 0.717) is 5.75 Å². The van der Waals surface area contributed by atoms with Crippen LogP contribution in [0.2, 0.25) is 0 Å². The number of nitrogens with one attached hydrogen (secondary N) is 3. The van der Waals surface area contributed by atoms with Crippen LogP contribution in [-0.2, 0) is 28.8 Å². The molecule has 0 aromatic carbocycles. The van der Waals surface area contributed by atoms with E-state index in [9.17, 15) is 28.8 Å². The first kappa shape index (κ1) is 28.5. The van der Waals surface area contributed by atoms with Crippen molar-refractivity contribution in [1.29, 1.82) is 0 Å². The number of hydrogen-bond acceptors (Lipinski definition) is 9.